The van der Waals surface area contributed by atoms with E-state index in [2.05, 4.69) is 0 Å². The molecule has 48 valence electrons. The molecule has 0 atom stereocenters. The van der Waals surface area contributed by atoms with Crippen molar-refractivity contribution in [3.8, 4) is 0 Å². The van der Waals surface area contributed by atoms with Crippen molar-refractivity contribution >= 4 is 0 Å². The monoisotopic (exact) mass is 594 g/mol. The van der Waals surface area contributed by atoms with E-state index in [1.807, 2.05) is 0 Å². The average molecular weight is 594 g/mol. The molecule has 0 saturated heterocycles. The predicted molar refractivity (Wildman–Crippen MR) is 2.75 cm³/mol. The van der Waals surface area contributed by atoms with Crippen molar-refractivity contribution in [3.05, 3.63) is 0 Å². The van der Waals surface area contributed by atoms with Gasteiger partial charge in [0.2, 0.25) is 0 Å². The van der Waals surface area contributed by atoms with Gasteiger partial charge in [-0.3, -0.25) is 0 Å². The quantitative estimate of drug-likeness (QED) is 0.276. The first kappa shape index (κ1) is 24.0. The zero-order valence-electron chi connectivity index (χ0n) is 5.34. The predicted octanol–water partition coefficient (Wildman–Crippen LogP) is -8.85. The minimum absolute atomic E-state index is 0. The Morgan fingerprint density at radius 1 is 1.10 bits per heavy atom. The molecule has 10 heavy (non-hydrogen) atoms. The van der Waals surface area contributed by atoms with E-state index in [0.29, 0.717) is 0 Å². The van der Waals surface area contributed by atoms with Crippen LogP contribution in [0, 0.1) is 0 Å². The van der Waals surface area contributed by atoms with E-state index in [-0.39, 0.29) is 138 Å². The molecule has 0 spiro atoms. The molecule has 0 aromatic rings. The van der Waals surface area contributed by atoms with Crippen molar-refractivity contribution in [2.75, 3.05) is 0 Å². The second kappa shape index (κ2) is 19.2. The summed E-state index contributed by atoms with van der Waals surface area (Å²) < 4.78 is 51.5. The second-order valence-electron chi connectivity index (χ2n) is 0.447. The first-order valence-corrected chi connectivity index (χ1v) is 6.74. The topological polar surface area (TPSA) is 114 Å². The maximum atomic E-state index is 8.62. The van der Waals surface area contributed by atoms with E-state index < -0.39 is 34.2 Å². The Labute approximate surface area is 186 Å². The summed E-state index contributed by atoms with van der Waals surface area (Å²) in [6.07, 6.45) is 0. The Balaban J connectivity index is -0.0000000300. The van der Waals surface area contributed by atoms with E-state index in [4.69, 9.17) is 21.5 Å². The fourth-order valence-electron chi connectivity index (χ4n) is 0. The van der Waals surface area contributed by atoms with Crippen LogP contribution in [0.15, 0.2) is 0 Å². The average Bonchev–Trinajstić information content (AvgIpc) is 1.25. The van der Waals surface area contributed by atoms with E-state index in [1.165, 1.54) is 0 Å². The maximum absolute atomic E-state index is 8.62. The van der Waals surface area contributed by atoms with E-state index in [9.17, 15) is 0 Å². The van der Waals surface area contributed by atoms with Gasteiger partial charge in [-0.15, -0.1) is 0 Å². The molecular weight excluding hydrogens is 594 g/mol. The van der Waals surface area contributed by atoms with E-state index in [0.717, 1.165) is 0 Å². The van der Waals surface area contributed by atoms with Crippen LogP contribution in [-0.4, -0.2) is 0 Å². The van der Waals surface area contributed by atoms with Gasteiger partial charge in [0, 0.05) is 0 Å². The molecular formula is Cs2O6TaV. The summed E-state index contributed by atoms with van der Waals surface area (Å²) in [6.45, 7) is 0. The molecule has 0 radical (unpaired) electrons. The first-order chi connectivity index (χ1) is 3.46. The zero-order chi connectivity index (χ0) is 7.15. The molecule has 0 rings (SSSR count). The van der Waals surface area contributed by atoms with Crippen LogP contribution in [0.4, 0.5) is 0 Å². The second-order valence-corrected chi connectivity index (χ2v) is 2.75. The fourth-order valence-corrected chi connectivity index (χ4v) is 0. The fraction of sp³-hybridized carbons (Fsp3) is 0. The molecule has 0 unspecified atom stereocenters. The van der Waals surface area contributed by atoms with Crippen molar-refractivity contribution < 1.29 is 193 Å². The molecule has 0 aliphatic heterocycles. The molecule has 0 aliphatic carbocycles. The summed E-state index contributed by atoms with van der Waals surface area (Å²) in [5, 5.41) is 0. The third-order valence-electron chi connectivity index (χ3n) is 0. The summed E-state index contributed by atoms with van der Waals surface area (Å²) in [4.78, 5) is 0. The van der Waals surface area contributed by atoms with E-state index in [1.54, 1.807) is 0 Å². The minimum atomic E-state index is -4.34. The molecule has 0 saturated carbocycles. The van der Waals surface area contributed by atoms with Crippen molar-refractivity contribution in [2.45, 2.75) is 0 Å². The molecule has 0 N–H and O–H groups in total. The first-order valence-electron chi connectivity index (χ1n) is 1.10. The Bertz CT molecular complexity index is 133. The normalized spacial score (nSPS) is 5.00. The van der Waals surface area contributed by atoms with Crippen LogP contribution in [-0.2, 0) is 48.0 Å². The molecule has 6 nitrogen and oxygen atoms in total. The van der Waals surface area contributed by atoms with E-state index >= 15 is 0 Å². The summed E-state index contributed by atoms with van der Waals surface area (Å²) in [5.41, 5.74) is 0. The molecule has 0 bridgehead atoms. The Kier molecular flexibility index (Phi) is 46.0. The molecule has 0 aromatic carbocycles. The summed E-state index contributed by atoms with van der Waals surface area (Å²) >= 11 is -8.28. The SMILES string of the molecule is [Cs+].[Cs+].[O]=[Ta](=[O])[O-].[O]=[V](=[O])[O-]. The van der Waals surface area contributed by atoms with Gasteiger partial charge in [0.15, 0.2) is 0 Å². The number of hydrogen-bond donors (Lipinski definition) is 0. The van der Waals surface area contributed by atoms with Gasteiger partial charge in [-0.25, -0.2) is 0 Å². The van der Waals surface area contributed by atoms with Crippen molar-refractivity contribution in [1.29, 1.82) is 0 Å². The molecule has 0 amide bonds. The van der Waals surface area contributed by atoms with Gasteiger partial charge in [-0.1, -0.05) is 0 Å². The van der Waals surface area contributed by atoms with Crippen LogP contribution in [0.1, 0.15) is 0 Å². The molecule has 10 heteroatoms. The number of rotatable bonds is 0. The van der Waals surface area contributed by atoms with Crippen LogP contribution in [0.25, 0.3) is 0 Å². The van der Waals surface area contributed by atoms with Gasteiger partial charge < -0.3 is 0 Å². The van der Waals surface area contributed by atoms with Gasteiger partial charge in [0.25, 0.3) is 0 Å². The number of hydrogen-bond acceptors (Lipinski definition) is 6. The summed E-state index contributed by atoms with van der Waals surface area (Å²) in [7, 11) is 0. The Morgan fingerprint density at radius 2 is 1.10 bits per heavy atom. The van der Waals surface area contributed by atoms with Crippen LogP contribution < -0.4 is 145 Å². The molecule has 0 heterocycles. The van der Waals surface area contributed by atoms with Gasteiger partial charge in [-0.05, 0) is 0 Å². The zero-order valence-corrected chi connectivity index (χ0v) is 22.5. The van der Waals surface area contributed by atoms with Gasteiger partial charge >= 0.3 is 193 Å². The van der Waals surface area contributed by atoms with Crippen LogP contribution in [0.2, 0.25) is 0 Å². The van der Waals surface area contributed by atoms with Crippen molar-refractivity contribution in [2.24, 2.45) is 0 Å². The van der Waals surface area contributed by atoms with Gasteiger partial charge in [0.05, 0.1) is 0 Å². The summed E-state index contributed by atoms with van der Waals surface area (Å²) in [6, 6.07) is 0. The van der Waals surface area contributed by atoms with Crippen LogP contribution in [0.5, 0.6) is 0 Å². The Morgan fingerprint density at radius 3 is 1.10 bits per heavy atom. The van der Waals surface area contributed by atoms with Gasteiger partial charge in [-0.2, -0.15) is 0 Å². The summed E-state index contributed by atoms with van der Waals surface area (Å²) in [5.74, 6) is 0. The molecule has 0 aromatic heterocycles. The standard InChI is InChI=1S/2Cs.6O.Ta.V/q2*+1;;;;;2*-1;;. The van der Waals surface area contributed by atoms with Crippen LogP contribution in [0.3, 0.4) is 0 Å². The third-order valence-corrected chi connectivity index (χ3v) is 0. The van der Waals surface area contributed by atoms with Gasteiger partial charge in [0.1, 0.15) is 0 Å². The Hall–Kier alpha value is 4.55. The van der Waals surface area contributed by atoms with Crippen molar-refractivity contribution in [3.63, 3.8) is 0 Å². The third kappa shape index (κ3) is 80.9. The van der Waals surface area contributed by atoms with Crippen molar-refractivity contribution in [1.82, 2.24) is 0 Å². The molecule has 0 aliphatic rings. The molecule has 0 fully saturated rings. The van der Waals surface area contributed by atoms with Crippen LogP contribution >= 0.6 is 0 Å².